The number of hydrogen-bond donors (Lipinski definition) is 2. The number of para-hydroxylation sites is 2. The molecular formula is C30H28N5O5. The van der Waals surface area contributed by atoms with E-state index in [0.717, 1.165) is 11.0 Å². The van der Waals surface area contributed by atoms with Crippen LogP contribution in [0.15, 0.2) is 66.7 Å². The lowest BCUT2D eigenvalue weighted by Gasteiger charge is -2.30. The Bertz CT molecular complexity index is 1610. The summed E-state index contributed by atoms with van der Waals surface area (Å²) in [5.74, 6) is -1.70. The number of amides is 3. The fourth-order valence-electron chi connectivity index (χ4n) is 4.96. The monoisotopic (exact) mass is 538 g/mol. The summed E-state index contributed by atoms with van der Waals surface area (Å²) in [6, 6.07) is 18.2. The van der Waals surface area contributed by atoms with Crippen LogP contribution in [0.5, 0.6) is 0 Å². The summed E-state index contributed by atoms with van der Waals surface area (Å²) in [6.07, 6.45) is -0.384. The normalized spacial score (nSPS) is 14.2. The zero-order chi connectivity index (χ0) is 28.6. The lowest BCUT2D eigenvalue weighted by molar-refractivity contribution is -0.138. The van der Waals surface area contributed by atoms with Crippen LogP contribution in [0.25, 0.3) is 11.0 Å². The van der Waals surface area contributed by atoms with Crippen molar-refractivity contribution >= 4 is 40.4 Å². The van der Waals surface area contributed by atoms with Crippen molar-refractivity contribution in [2.24, 2.45) is 0 Å². The van der Waals surface area contributed by atoms with Crippen LogP contribution < -0.4 is 4.90 Å². The number of anilines is 1. The lowest BCUT2D eigenvalue weighted by Crippen LogP contribution is -2.41. The molecule has 0 saturated heterocycles. The van der Waals surface area contributed by atoms with Gasteiger partial charge in [0.2, 0.25) is 5.91 Å². The van der Waals surface area contributed by atoms with E-state index >= 15 is 0 Å². The van der Waals surface area contributed by atoms with Gasteiger partial charge in [0.05, 0.1) is 41.3 Å². The number of aromatic amines is 1. The maximum atomic E-state index is 13.8. The zero-order valence-corrected chi connectivity index (χ0v) is 22.1. The number of likely N-dealkylation sites (N-methyl/N-ethyl adjacent to an activating group) is 1. The molecule has 3 aromatic carbocycles. The van der Waals surface area contributed by atoms with Crippen molar-refractivity contribution in [1.82, 2.24) is 19.8 Å². The first kappa shape index (κ1) is 26.6. The van der Waals surface area contributed by atoms with Gasteiger partial charge in [-0.1, -0.05) is 36.4 Å². The standard InChI is InChI=1S/C30H28N5O5/c1-18-7-6-8-19(13-18)24(15-28(37)38)35-17-27(36)34(3)25-14-20(11-12-21(25)30(35)40)29(39)33(2)16-26-31-22-9-4-5-10-23(22)32-26/h4-14,24H,1,15-17H2,2-3H3,(H,31,32)(H,37,38). The molecule has 10 heteroatoms. The number of imidazole rings is 1. The van der Waals surface area contributed by atoms with Crippen LogP contribution >= 0.6 is 0 Å². The average molecular weight is 539 g/mol. The predicted octanol–water partition coefficient (Wildman–Crippen LogP) is 3.65. The van der Waals surface area contributed by atoms with E-state index in [1.165, 1.54) is 33.9 Å². The first-order chi connectivity index (χ1) is 19.1. The smallest absolute Gasteiger partial charge is 0.305 e. The first-order valence-electron chi connectivity index (χ1n) is 12.7. The molecule has 1 aromatic heterocycles. The number of carbonyl (C=O) groups is 4. The van der Waals surface area contributed by atoms with E-state index in [-0.39, 0.29) is 36.7 Å². The van der Waals surface area contributed by atoms with E-state index < -0.39 is 23.8 Å². The molecule has 1 radical (unpaired) electrons. The van der Waals surface area contributed by atoms with E-state index in [1.54, 1.807) is 37.4 Å². The largest absolute Gasteiger partial charge is 0.481 e. The van der Waals surface area contributed by atoms with Crippen molar-refractivity contribution in [1.29, 1.82) is 0 Å². The Morgan fingerprint density at radius 2 is 1.88 bits per heavy atom. The maximum absolute atomic E-state index is 13.8. The molecule has 5 rings (SSSR count). The summed E-state index contributed by atoms with van der Waals surface area (Å²) in [5, 5.41) is 9.61. The fourth-order valence-corrected chi connectivity index (χ4v) is 4.96. The zero-order valence-electron chi connectivity index (χ0n) is 22.1. The van der Waals surface area contributed by atoms with Gasteiger partial charge in [-0.3, -0.25) is 19.2 Å². The van der Waals surface area contributed by atoms with E-state index in [9.17, 15) is 24.3 Å². The molecule has 1 unspecified atom stereocenters. The molecule has 3 amide bonds. The van der Waals surface area contributed by atoms with E-state index in [4.69, 9.17) is 0 Å². The summed E-state index contributed by atoms with van der Waals surface area (Å²) in [5.41, 5.74) is 3.68. The third kappa shape index (κ3) is 5.15. The summed E-state index contributed by atoms with van der Waals surface area (Å²) in [7, 11) is 3.18. The van der Waals surface area contributed by atoms with Gasteiger partial charge in [-0.25, -0.2) is 4.98 Å². The number of H-pyrrole nitrogens is 1. The van der Waals surface area contributed by atoms with Gasteiger partial charge in [-0.15, -0.1) is 0 Å². The molecule has 2 N–H and O–H groups in total. The van der Waals surface area contributed by atoms with Crippen LogP contribution in [0.1, 0.15) is 50.1 Å². The van der Waals surface area contributed by atoms with Crippen LogP contribution in [0, 0.1) is 6.92 Å². The molecule has 4 aromatic rings. The Kier molecular flexibility index (Phi) is 7.08. The molecule has 10 nitrogen and oxygen atoms in total. The lowest BCUT2D eigenvalue weighted by atomic mass is 9.98. The molecule has 1 aliphatic rings. The molecule has 1 atom stereocenters. The minimum absolute atomic E-state index is 0.200. The van der Waals surface area contributed by atoms with Crippen LogP contribution in [0.2, 0.25) is 0 Å². The third-order valence-corrected chi connectivity index (χ3v) is 7.03. The highest BCUT2D eigenvalue weighted by atomic mass is 16.4. The van der Waals surface area contributed by atoms with Crippen molar-refractivity contribution in [2.45, 2.75) is 19.0 Å². The minimum Gasteiger partial charge on any atom is -0.481 e. The van der Waals surface area contributed by atoms with Gasteiger partial charge in [-0.05, 0) is 48.4 Å². The second kappa shape index (κ2) is 10.6. The highest BCUT2D eigenvalue weighted by Crippen LogP contribution is 2.33. The molecule has 0 aliphatic carbocycles. The van der Waals surface area contributed by atoms with Gasteiger partial charge in [0.15, 0.2) is 0 Å². The number of carboxylic acid groups (broad SMARTS) is 1. The van der Waals surface area contributed by atoms with Gasteiger partial charge in [-0.2, -0.15) is 0 Å². The molecular weight excluding hydrogens is 510 g/mol. The number of nitrogens with one attached hydrogen (secondary N) is 1. The van der Waals surface area contributed by atoms with Gasteiger partial charge >= 0.3 is 5.97 Å². The number of benzene rings is 3. The molecule has 40 heavy (non-hydrogen) atoms. The maximum Gasteiger partial charge on any atom is 0.305 e. The van der Waals surface area contributed by atoms with Gasteiger partial charge in [0.1, 0.15) is 12.4 Å². The van der Waals surface area contributed by atoms with E-state index in [0.29, 0.717) is 22.5 Å². The van der Waals surface area contributed by atoms with Gasteiger partial charge in [0.25, 0.3) is 11.8 Å². The van der Waals surface area contributed by atoms with Gasteiger partial charge in [0, 0.05) is 19.7 Å². The number of carbonyl (C=O) groups excluding carboxylic acids is 3. The summed E-state index contributed by atoms with van der Waals surface area (Å²) in [6.45, 7) is 3.81. The topological polar surface area (TPSA) is 127 Å². The molecule has 0 saturated carbocycles. The first-order valence-corrected chi connectivity index (χ1v) is 12.7. The quantitative estimate of drug-likeness (QED) is 0.370. The fraction of sp³-hybridized carbons (Fsp3) is 0.200. The van der Waals surface area contributed by atoms with Crippen molar-refractivity contribution in [2.75, 3.05) is 25.5 Å². The molecule has 0 fully saturated rings. The summed E-state index contributed by atoms with van der Waals surface area (Å²) >= 11 is 0. The average Bonchev–Trinajstić information content (AvgIpc) is 3.31. The number of rotatable bonds is 7. The van der Waals surface area contributed by atoms with Crippen molar-refractivity contribution in [3.8, 4) is 0 Å². The number of nitrogens with zero attached hydrogens (tertiary/aromatic N) is 4. The number of hydrogen-bond acceptors (Lipinski definition) is 5. The van der Waals surface area contributed by atoms with Crippen molar-refractivity contribution in [3.05, 3.63) is 102 Å². The molecule has 203 valence electrons. The highest BCUT2D eigenvalue weighted by molar-refractivity contribution is 6.11. The number of aromatic nitrogens is 2. The van der Waals surface area contributed by atoms with Crippen LogP contribution in [-0.2, 0) is 16.1 Å². The SMILES string of the molecule is [CH2]c1cccc(C(CC(=O)O)N2CC(=O)N(C)c3cc(C(=O)N(C)Cc4nc5ccccc5[nH]4)ccc3C2=O)c1. The van der Waals surface area contributed by atoms with Crippen molar-refractivity contribution in [3.63, 3.8) is 0 Å². The van der Waals surface area contributed by atoms with Crippen molar-refractivity contribution < 1.29 is 24.3 Å². The van der Waals surface area contributed by atoms with Crippen LogP contribution in [-0.4, -0.2) is 69.2 Å². The second-order valence-corrected chi connectivity index (χ2v) is 9.84. The van der Waals surface area contributed by atoms with Crippen LogP contribution in [0.3, 0.4) is 0 Å². The number of aliphatic carboxylic acids is 1. The van der Waals surface area contributed by atoms with Crippen LogP contribution in [0.4, 0.5) is 5.69 Å². The molecule has 0 bridgehead atoms. The Balaban J connectivity index is 1.45. The summed E-state index contributed by atoms with van der Waals surface area (Å²) < 4.78 is 0. The molecule has 0 spiro atoms. The minimum atomic E-state index is -1.11. The van der Waals surface area contributed by atoms with E-state index in [2.05, 4.69) is 16.9 Å². The summed E-state index contributed by atoms with van der Waals surface area (Å²) in [4.78, 5) is 63.9. The Morgan fingerprint density at radius 3 is 2.60 bits per heavy atom. The highest BCUT2D eigenvalue weighted by Gasteiger charge is 2.36. The molecule has 2 heterocycles. The second-order valence-electron chi connectivity index (χ2n) is 9.84. The van der Waals surface area contributed by atoms with E-state index in [1.807, 2.05) is 24.3 Å². The molecule has 1 aliphatic heterocycles. The Hall–Kier alpha value is -4.99. The number of carboxylic acids is 1. The Labute approximate surface area is 230 Å². The van der Waals surface area contributed by atoms with Gasteiger partial charge < -0.3 is 24.8 Å². The third-order valence-electron chi connectivity index (χ3n) is 7.03. The Morgan fingerprint density at radius 1 is 1.10 bits per heavy atom. The predicted molar refractivity (Wildman–Crippen MR) is 149 cm³/mol. The number of fused-ring (bicyclic) bond motifs is 2.